The summed E-state index contributed by atoms with van der Waals surface area (Å²) in [4.78, 5) is 5.58. The monoisotopic (exact) mass is 357 g/mol. The van der Waals surface area contributed by atoms with Crippen LogP contribution in [-0.2, 0) is 17.9 Å². The SMILES string of the molecule is CCOCc1ccccc1CNC(=NC)NCCSc1ccccc1. The summed E-state index contributed by atoms with van der Waals surface area (Å²) >= 11 is 1.84. The average molecular weight is 358 g/mol. The number of guanidine groups is 1. The van der Waals surface area contributed by atoms with E-state index >= 15 is 0 Å². The highest BCUT2D eigenvalue weighted by atomic mass is 32.2. The first-order chi connectivity index (χ1) is 12.3. The highest BCUT2D eigenvalue weighted by Gasteiger charge is 2.03. The van der Waals surface area contributed by atoms with Crippen LogP contribution in [0, 0.1) is 0 Å². The number of nitrogens with zero attached hydrogens (tertiary/aromatic N) is 1. The zero-order chi connectivity index (χ0) is 17.7. The zero-order valence-electron chi connectivity index (χ0n) is 15.0. The van der Waals surface area contributed by atoms with Gasteiger partial charge in [-0.25, -0.2) is 0 Å². The van der Waals surface area contributed by atoms with E-state index in [-0.39, 0.29) is 0 Å². The molecule has 0 heterocycles. The summed E-state index contributed by atoms with van der Waals surface area (Å²) < 4.78 is 5.54. The topological polar surface area (TPSA) is 45.6 Å². The largest absolute Gasteiger partial charge is 0.377 e. The average Bonchev–Trinajstić information content (AvgIpc) is 2.67. The third kappa shape index (κ3) is 7.20. The molecule has 2 aromatic rings. The maximum Gasteiger partial charge on any atom is 0.191 e. The molecule has 0 saturated carbocycles. The molecule has 0 radical (unpaired) electrons. The van der Waals surface area contributed by atoms with Gasteiger partial charge in [0.2, 0.25) is 0 Å². The summed E-state index contributed by atoms with van der Waals surface area (Å²) in [5.74, 6) is 1.81. The molecule has 0 aliphatic carbocycles. The van der Waals surface area contributed by atoms with Crippen molar-refractivity contribution in [3.8, 4) is 0 Å². The van der Waals surface area contributed by atoms with Gasteiger partial charge < -0.3 is 15.4 Å². The molecule has 2 N–H and O–H groups in total. The standard InChI is InChI=1S/C20H27N3OS/c1-3-24-16-18-10-8-7-9-17(18)15-23-20(21-2)22-13-14-25-19-11-5-4-6-12-19/h4-12H,3,13-16H2,1-2H3,(H2,21,22,23). The summed E-state index contributed by atoms with van der Waals surface area (Å²) in [7, 11) is 1.80. The molecule has 0 spiro atoms. The number of hydrogen-bond donors (Lipinski definition) is 2. The van der Waals surface area contributed by atoms with E-state index in [1.807, 2.05) is 30.8 Å². The molecule has 0 amide bonds. The summed E-state index contributed by atoms with van der Waals surface area (Å²) in [6, 6.07) is 18.8. The normalized spacial score (nSPS) is 11.4. The fourth-order valence-electron chi connectivity index (χ4n) is 2.34. The number of aliphatic imine (C=N–C) groups is 1. The lowest BCUT2D eigenvalue weighted by Gasteiger charge is -2.14. The molecule has 4 nitrogen and oxygen atoms in total. The van der Waals surface area contributed by atoms with Gasteiger partial charge in [-0.3, -0.25) is 4.99 Å². The Morgan fingerprint density at radius 2 is 1.72 bits per heavy atom. The van der Waals surface area contributed by atoms with Crippen molar-refractivity contribution in [2.45, 2.75) is 25.0 Å². The summed E-state index contributed by atoms with van der Waals surface area (Å²) in [6.45, 7) is 4.98. The minimum Gasteiger partial charge on any atom is -0.377 e. The third-order valence-corrected chi connectivity index (χ3v) is 4.67. The molecule has 0 atom stereocenters. The van der Waals surface area contributed by atoms with Gasteiger partial charge in [-0.1, -0.05) is 42.5 Å². The minimum atomic E-state index is 0.647. The van der Waals surface area contributed by atoms with Crippen molar-refractivity contribution in [3.63, 3.8) is 0 Å². The van der Waals surface area contributed by atoms with E-state index in [1.54, 1.807) is 7.05 Å². The van der Waals surface area contributed by atoms with Gasteiger partial charge >= 0.3 is 0 Å². The Morgan fingerprint density at radius 3 is 2.44 bits per heavy atom. The molecule has 2 rings (SSSR count). The highest BCUT2D eigenvalue weighted by Crippen LogP contribution is 2.15. The van der Waals surface area contributed by atoms with Crippen LogP contribution in [0.25, 0.3) is 0 Å². The van der Waals surface area contributed by atoms with Crippen LogP contribution < -0.4 is 10.6 Å². The van der Waals surface area contributed by atoms with E-state index in [0.29, 0.717) is 6.61 Å². The highest BCUT2D eigenvalue weighted by molar-refractivity contribution is 7.99. The first kappa shape index (κ1) is 19.3. The van der Waals surface area contributed by atoms with Gasteiger partial charge in [-0.2, -0.15) is 0 Å². The summed E-state index contributed by atoms with van der Waals surface area (Å²) in [5.41, 5.74) is 2.45. The second-order valence-electron chi connectivity index (χ2n) is 5.42. The lowest BCUT2D eigenvalue weighted by molar-refractivity contribution is 0.133. The number of hydrogen-bond acceptors (Lipinski definition) is 3. The smallest absolute Gasteiger partial charge is 0.191 e. The number of nitrogens with one attached hydrogen (secondary N) is 2. The van der Waals surface area contributed by atoms with E-state index in [4.69, 9.17) is 4.74 Å². The van der Waals surface area contributed by atoms with Crippen LogP contribution in [0.4, 0.5) is 0 Å². The van der Waals surface area contributed by atoms with Crippen LogP contribution in [0.2, 0.25) is 0 Å². The Hall–Kier alpha value is -1.98. The predicted octanol–water partition coefficient (Wildman–Crippen LogP) is 3.68. The number of benzene rings is 2. The molecule has 2 aromatic carbocycles. The van der Waals surface area contributed by atoms with Gasteiger partial charge in [0.05, 0.1) is 6.61 Å². The van der Waals surface area contributed by atoms with Crippen LogP contribution >= 0.6 is 11.8 Å². The lowest BCUT2D eigenvalue weighted by Crippen LogP contribution is -2.38. The Morgan fingerprint density at radius 1 is 1.00 bits per heavy atom. The summed E-state index contributed by atoms with van der Waals surface area (Å²) in [5, 5.41) is 6.73. The van der Waals surface area contributed by atoms with Crippen molar-refractivity contribution >= 4 is 17.7 Å². The maximum atomic E-state index is 5.54. The molecule has 0 unspecified atom stereocenters. The summed E-state index contributed by atoms with van der Waals surface area (Å²) in [6.07, 6.45) is 0. The first-order valence-electron chi connectivity index (χ1n) is 8.60. The van der Waals surface area contributed by atoms with Crippen molar-refractivity contribution in [1.82, 2.24) is 10.6 Å². The van der Waals surface area contributed by atoms with E-state index < -0.39 is 0 Å². The second-order valence-corrected chi connectivity index (χ2v) is 6.59. The van der Waals surface area contributed by atoms with Gasteiger partial charge in [0.15, 0.2) is 5.96 Å². The van der Waals surface area contributed by atoms with E-state index in [2.05, 4.69) is 58.1 Å². The van der Waals surface area contributed by atoms with Crippen LogP contribution in [0.15, 0.2) is 64.5 Å². The minimum absolute atomic E-state index is 0.647. The van der Waals surface area contributed by atoms with Crippen LogP contribution in [0.1, 0.15) is 18.1 Å². The quantitative estimate of drug-likeness (QED) is 0.311. The van der Waals surface area contributed by atoms with Crippen molar-refractivity contribution in [2.75, 3.05) is 26.0 Å². The number of ether oxygens (including phenoxy) is 1. The van der Waals surface area contributed by atoms with Crippen LogP contribution in [0.3, 0.4) is 0 Å². The Balaban J connectivity index is 1.75. The van der Waals surface area contributed by atoms with E-state index in [9.17, 15) is 0 Å². The molecule has 0 bridgehead atoms. The third-order valence-electron chi connectivity index (χ3n) is 3.66. The Labute approximate surface area is 155 Å². The molecular weight excluding hydrogens is 330 g/mol. The van der Waals surface area contributed by atoms with Crippen LogP contribution in [-0.4, -0.2) is 31.9 Å². The molecule has 0 fully saturated rings. The zero-order valence-corrected chi connectivity index (χ0v) is 15.8. The fourth-order valence-corrected chi connectivity index (χ4v) is 3.13. The maximum absolute atomic E-state index is 5.54. The van der Waals surface area contributed by atoms with Gasteiger partial charge in [0.25, 0.3) is 0 Å². The molecule has 134 valence electrons. The first-order valence-corrected chi connectivity index (χ1v) is 9.59. The molecule has 0 saturated heterocycles. The van der Waals surface area contributed by atoms with Gasteiger partial charge in [0, 0.05) is 37.4 Å². The molecule has 0 aromatic heterocycles. The van der Waals surface area contributed by atoms with E-state index in [0.717, 1.165) is 31.4 Å². The van der Waals surface area contributed by atoms with E-state index in [1.165, 1.54) is 16.0 Å². The van der Waals surface area contributed by atoms with Crippen molar-refractivity contribution in [2.24, 2.45) is 4.99 Å². The van der Waals surface area contributed by atoms with Crippen molar-refractivity contribution in [3.05, 3.63) is 65.7 Å². The molecule has 25 heavy (non-hydrogen) atoms. The van der Waals surface area contributed by atoms with Gasteiger partial charge in [0.1, 0.15) is 0 Å². The molecular formula is C20H27N3OS. The number of rotatable bonds is 9. The van der Waals surface area contributed by atoms with Crippen LogP contribution in [0.5, 0.6) is 0 Å². The predicted molar refractivity (Wildman–Crippen MR) is 107 cm³/mol. The van der Waals surface area contributed by atoms with Gasteiger partial charge in [-0.15, -0.1) is 11.8 Å². The molecule has 0 aliphatic rings. The van der Waals surface area contributed by atoms with Gasteiger partial charge in [-0.05, 0) is 30.2 Å². The molecule has 5 heteroatoms. The molecule has 0 aliphatic heterocycles. The van der Waals surface area contributed by atoms with Crippen molar-refractivity contribution < 1.29 is 4.74 Å². The van der Waals surface area contributed by atoms with Crippen molar-refractivity contribution in [1.29, 1.82) is 0 Å². The second kappa shape index (κ2) is 11.6. The Bertz CT molecular complexity index is 646. The Kier molecular flexibility index (Phi) is 8.94. The lowest BCUT2D eigenvalue weighted by atomic mass is 10.1. The number of thioether (sulfide) groups is 1. The fraction of sp³-hybridized carbons (Fsp3) is 0.350.